The molecule has 0 aromatic carbocycles. The van der Waals surface area contributed by atoms with E-state index < -0.39 is 0 Å². The van der Waals surface area contributed by atoms with Crippen LogP contribution in [0.3, 0.4) is 0 Å². The minimum absolute atomic E-state index is 0.572. The predicted octanol–water partition coefficient (Wildman–Crippen LogP) is 2.80. The van der Waals surface area contributed by atoms with Gasteiger partial charge in [-0.3, -0.25) is 0 Å². The van der Waals surface area contributed by atoms with Crippen molar-refractivity contribution in [1.29, 1.82) is 0 Å². The van der Waals surface area contributed by atoms with Crippen molar-refractivity contribution < 1.29 is 0 Å². The molecule has 2 N–H and O–H groups in total. The maximum absolute atomic E-state index is 5.62. The summed E-state index contributed by atoms with van der Waals surface area (Å²) in [6.07, 6.45) is 6.51. The van der Waals surface area contributed by atoms with Crippen molar-refractivity contribution >= 4 is 16.7 Å². The van der Waals surface area contributed by atoms with E-state index in [1.807, 2.05) is 0 Å². The molecule has 2 rings (SSSR count). The Morgan fingerprint density at radius 3 is 2.86 bits per heavy atom. The van der Waals surface area contributed by atoms with Crippen LogP contribution in [0.5, 0.6) is 0 Å². The average molecular weight is 211 g/mol. The Kier molecular flexibility index (Phi) is 3.01. The van der Waals surface area contributed by atoms with Crippen LogP contribution in [0.2, 0.25) is 0 Å². The number of hydrogen-bond acceptors (Lipinski definition) is 4. The summed E-state index contributed by atoms with van der Waals surface area (Å²) in [5.74, 6) is 2.35. The minimum Gasteiger partial charge on any atom is -0.374 e. The third-order valence-electron chi connectivity index (χ3n) is 3.22. The van der Waals surface area contributed by atoms with Crippen molar-refractivity contribution in [2.45, 2.75) is 44.9 Å². The summed E-state index contributed by atoms with van der Waals surface area (Å²) in [5.41, 5.74) is 5.62. The van der Waals surface area contributed by atoms with Crippen LogP contribution in [-0.2, 0) is 0 Å². The lowest BCUT2D eigenvalue weighted by atomic mass is 9.77. The molecule has 1 aliphatic rings. The molecule has 1 aromatic heterocycles. The molecule has 1 aromatic rings. The molecule has 0 amide bonds. The molecule has 0 spiro atoms. The van der Waals surface area contributed by atoms with E-state index >= 15 is 0 Å². The molecular weight excluding hydrogens is 194 g/mol. The lowest BCUT2D eigenvalue weighted by molar-refractivity contribution is 0.291. The number of nitrogens with zero attached hydrogens (tertiary/aromatic N) is 2. The van der Waals surface area contributed by atoms with Gasteiger partial charge in [-0.05, 0) is 18.8 Å². The van der Waals surface area contributed by atoms with Gasteiger partial charge in [-0.25, -0.2) is 4.98 Å². The predicted molar refractivity (Wildman–Crippen MR) is 59.3 cm³/mol. The van der Waals surface area contributed by atoms with E-state index in [0.29, 0.717) is 11.0 Å². The van der Waals surface area contributed by atoms with Gasteiger partial charge in [0.2, 0.25) is 0 Å². The molecule has 78 valence electrons. The molecule has 0 bridgehead atoms. The molecule has 1 aliphatic carbocycles. The maximum Gasteiger partial charge on any atom is 0.199 e. The molecule has 0 radical (unpaired) electrons. The van der Waals surface area contributed by atoms with Gasteiger partial charge in [0.1, 0.15) is 5.82 Å². The molecule has 0 aliphatic heterocycles. The molecule has 14 heavy (non-hydrogen) atoms. The number of aromatic nitrogens is 2. The quantitative estimate of drug-likeness (QED) is 0.818. The summed E-state index contributed by atoms with van der Waals surface area (Å²) in [5, 5.41) is 0.612. The fraction of sp³-hybridized carbons (Fsp3) is 0.800. The summed E-state index contributed by atoms with van der Waals surface area (Å²) in [6, 6.07) is 0. The van der Waals surface area contributed by atoms with E-state index in [1.165, 1.54) is 43.6 Å². The monoisotopic (exact) mass is 211 g/mol. The van der Waals surface area contributed by atoms with Crippen LogP contribution < -0.4 is 5.73 Å². The summed E-state index contributed by atoms with van der Waals surface area (Å²) in [4.78, 5) is 4.32. The van der Waals surface area contributed by atoms with Gasteiger partial charge in [0.05, 0.1) is 0 Å². The number of nitrogen functional groups attached to an aromatic ring is 1. The topological polar surface area (TPSA) is 51.8 Å². The highest BCUT2D eigenvalue weighted by molar-refractivity contribution is 7.09. The van der Waals surface area contributed by atoms with Gasteiger partial charge in [0.15, 0.2) is 5.13 Å². The molecule has 1 fully saturated rings. The van der Waals surface area contributed by atoms with Crippen molar-refractivity contribution in [2.75, 3.05) is 5.73 Å². The lowest BCUT2D eigenvalue weighted by Crippen LogP contribution is -2.18. The Morgan fingerprint density at radius 1 is 1.43 bits per heavy atom. The first-order valence-electron chi connectivity index (χ1n) is 5.40. The van der Waals surface area contributed by atoms with Gasteiger partial charge in [-0.1, -0.05) is 26.2 Å². The van der Waals surface area contributed by atoms with Crippen LogP contribution in [-0.4, -0.2) is 9.36 Å². The van der Waals surface area contributed by atoms with Crippen molar-refractivity contribution in [3.63, 3.8) is 0 Å². The van der Waals surface area contributed by atoms with Gasteiger partial charge in [0, 0.05) is 17.5 Å². The standard InChI is InChI=1S/C10H17N3S/c1-2-7-5-3-4-6-8(7)9-12-10(11)14-13-9/h7-8H,2-6H2,1H3,(H2,11,12,13). The number of rotatable bonds is 2. The van der Waals surface area contributed by atoms with E-state index in [4.69, 9.17) is 5.73 Å². The first-order chi connectivity index (χ1) is 6.81. The van der Waals surface area contributed by atoms with Gasteiger partial charge < -0.3 is 5.73 Å². The largest absolute Gasteiger partial charge is 0.374 e. The maximum atomic E-state index is 5.62. The molecule has 4 heteroatoms. The Bertz CT molecular complexity index is 297. The highest BCUT2D eigenvalue weighted by Gasteiger charge is 2.27. The van der Waals surface area contributed by atoms with Crippen molar-refractivity contribution in [2.24, 2.45) is 5.92 Å². The zero-order chi connectivity index (χ0) is 9.97. The van der Waals surface area contributed by atoms with E-state index in [1.54, 1.807) is 0 Å². The van der Waals surface area contributed by atoms with Gasteiger partial charge in [-0.15, -0.1) is 0 Å². The van der Waals surface area contributed by atoms with Crippen LogP contribution in [0.4, 0.5) is 5.13 Å². The Labute approximate surface area is 88.9 Å². The lowest BCUT2D eigenvalue weighted by Gasteiger charge is -2.28. The van der Waals surface area contributed by atoms with Gasteiger partial charge in [0.25, 0.3) is 0 Å². The molecule has 3 nitrogen and oxygen atoms in total. The zero-order valence-electron chi connectivity index (χ0n) is 8.57. The van der Waals surface area contributed by atoms with Crippen LogP contribution >= 0.6 is 11.5 Å². The molecular formula is C10H17N3S. The third kappa shape index (κ3) is 1.90. The fourth-order valence-corrected chi connectivity index (χ4v) is 2.93. The Hall–Kier alpha value is -0.640. The van der Waals surface area contributed by atoms with Crippen molar-refractivity contribution in [1.82, 2.24) is 9.36 Å². The highest BCUT2D eigenvalue weighted by atomic mass is 32.1. The van der Waals surface area contributed by atoms with Crippen LogP contribution in [0.25, 0.3) is 0 Å². The second kappa shape index (κ2) is 4.26. The van der Waals surface area contributed by atoms with E-state index in [-0.39, 0.29) is 0 Å². The van der Waals surface area contributed by atoms with Gasteiger partial charge >= 0.3 is 0 Å². The Morgan fingerprint density at radius 2 is 2.21 bits per heavy atom. The second-order valence-corrected chi connectivity index (χ2v) is 4.83. The third-order valence-corrected chi connectivity index (χ3v) is 3.78. The fourth-order valence-electron chi connectivity index (χ4n) is 2.43. The van der Waals surface area contributed by atoms with Crippen LogP contribution in [0.1, 0.15) is 50.8 Å². The molecule has 1 saturated carbocycles. The highest BCUT2D eigenvalue weighted by Crippen LogP contribution is 2.38. The summed E-state index contributed by atoms with van der Waals surface area (Å²) >= 11 is 1.33. The minimum atomic E-state index is 0.572. The van der Waals surface area contributed by atoms with Crippen LogP contribution in [0, 0.1) is 5.92 Å². The first-order valence-corrected chi connectivity index (χ1v) is 6.17. The molecule has 0 saturated heterocycles. The Balaban J connectivity index is 2.14. The average Bonchev–Trinajstić information content (AvgIpc) is 2.65. The van der Waals surface area contributed by atoms with Gasteiger partial charge in [-0.2, -0.15) is 4.37 Å². The molecule has 2 atom stereocenters. The molecule has 1 heterocycles. The number of hydrogen-bond donors (Lipinski definition) is 1. The summed E-state index contributed by atoms with van der Waals surface area (Å²) in [7, 11) is 0. The smallest absolute Gasteiger partial charge is 0.199 e. The number of anilines is 1. The van der Waals surface area contributed by atoms with E-state index in [9.17, 15) is 0 Å². The number of nitrogens with two attached hydrogens (primary N) is 1. The van der Waals surface area contributed by atoms with E-state index in [0.717, 1.165) is 11.7 Å². The molecule has 2 unspecified atom stereocenters. The van der Waals surface area contributed by atoms with Crippen LogP contribution in [0.15, 0.2) is 0 Å². The second-order valence-electron chi connectivity index (χ2n) is 4.05. The first kappa shape index (κ1) is 9.90. The van der Waals surface area contributed by atoms with Crippen molar-refractivity contribution in [3.8, 4) is 0 Å². The van der Waals surface area contributed by atoms with E-state index in [2.05, 4.69) is 16.3 Å². The summed E-state index contributed by atoms with van der Waals surface area (Å²) in [6.45, 7) is 2.26. The van der Waals surface area contributed by atoms with Crippen molar-refractivity contribution in [3.05, 3.63) is 5.82 Å². The SMILES string of the molecule is CCC1CCCCC1c1nsc(N)n1. The zero-order valence-corrected chi connectivity index (χ0v) is 9.39. The summed E-state index contributed by atoms with van der Waals surface area (Å²) < 4.78 is 4.34. The normalized spacial score (nSPS) is 27.8.